The quantitative estimate of drug-likeness (QED) is 0.738. The van der Waals surface area contributed by atoms with Crippen LogP contribution in [0, 0.1) is 0 Å². The van der Waals surface area contributed by atoms with E-state index in [4.69, 9.17) is 4.74 Å². The number of ether oxygens (including phenoxy) is 1. The van der Waals surface area contributed by atoms with Crippen molar-refractivity contribution in [2.75, 3.05) is 11.9 Å². The van der Waals surface area contributed by atoms with Gasteiger partial charge in [0.05, 0.1) is 17.7 Å². The van der Waals surface area contributed by atoms with Gasteiger partial charge in [-0.2, -0.15) is 0 Å². The van der Waals surface area contributed by atoms with Gasteiger partial charge in [-0.25, -0.2) is 4.79 Å². The van der Waals surface area contributed by atoms with E-state index < -0.39 is 5.97 Å². The summed E-state index contributed by atoms with van der Waals surface area (Å²) in [7, 11) is 0. The van der Waals surface area contributed by atoms with Crippen LogP contribution in [0.1, 0.15) is 49.0 Å². The molecule has 30 heavy (non-hydrogen) atoms. The number of rotatable bonds is 6. The molecule has 2 atom stereocenters. The number of hydrogen-bond acceptors (Lipinski definition) is 4. The average molecular weight is 408 g/mol. The summed E-state index contributed by atoms with van der Waals surface area (Å²) in [6.07, 6.45) is 3.22. The van der Waals surface area contributed by atoms with Gasteiger partial charge in [-0.1, -0.05) is 42.5 Å². The van der Waals surface area contributed by atoms with Gasteiger partial charge in [0, 0.05) is 12.1 Å². The second kappa shape index (κ2) is 10.1. The molecule has 0 saturated carbocycles. The number of piperidine rings is 1. The first-order valence-corrected chi connectivity index (χ1v) is 10.4. The lowest BCUT2D eigenvalue weighted by Gasteiger charge is -2.38. The normalized spacial score (nSPS) is 18.5. The molecule has 0 aliphatic carbocycles. The van der Waals surface area contributed by atoms with E-state index in [1.807, 2.05) is 49.1 Å². The summed E-state index contributed by atoms with van der Waals surface area (Å²) in [5.74, 6) is -1.04. The molecule has 1 heterocycles. The molecule has 0 radical (unpaired) electrons. The second-order valence-corrected chi connectivity index (χ2v) is 7.76. The topological polar surface area (TPSA) is 75.7 Å². The van der Waals surface area contributed by atoms with E-state index >= 15 is 0 Å². The lowest BCUT2D eigenvalue weighted by molar-refractivity contribution is -0.140. The Morgan fingerprint density at radius 3 is 2.30 bits per heavy atom. The van der Waals surface area contributed by atoms with Crippen molar-refractivity contribution in [3.05, 3.63) is 65.7 Å². The molecule has 1 saturated heterocycles. The minimum Gasteiger partial charge on any atom is -0.452 e. The summed E-state index contributed by atoms with van der Waals surface area (Å²) in [4.78, 5) is 39.4. The van der Waals surface area contributed by atoms with Gasteiger partial charge in [-0.05, 0) is 50.8 Å². The van der Waals surface area contributed by atoms with Crippen molar-refractivity contribution in [1.82, 2.24) is 4.90 Å². The number of esters is 1. The summed E-state index contributed by atoms with van der Waals surface area (Å²) >= 11 is 0. The highest BCUT2D eigenvalue weighted by molar-refractivity contribution is 6.02. The maximum absolute atomic E-state index is 12.6. The van der Waals surface area contributed by atoms with E-state index in [-0.39, 0.29) is 42.5 Å². The monoisotopic (exact) mass is 408 g/mol. The number of anilines is 1. The molecule has 1 aliphatic rings. The standard InChI is InChI=1S/C24H28N2O4/c1-17-9-8-10-18(2)26(17)23(28)16-30-24(29)20-13-6-7-14-21(20)25-22(27)15-19-11-4-3-5-12-19/h3-7,11-14,17-18H,8-10,15-16H2,1-2H3,(H,25,27). The minimum atomic E-state index is -0.628. The number of nitrogens with one attached hydrogen (secondary N) is 1. The molecule has 1 fully saturated rings. The van der Waals surface area contributed by atoms with Crippen molar-refractivity contribution in [2.45, 2.75) is 51.6 Å². The third kappa shape index (κ3) is 5.47. The maximum Gasteiger partial charge on any atom is 0.340 e. The van der Waals surface area contributed by atoms with Crippen LogP contribution >= 0.6 is 0 Å². The van der Waals surface area contributed by atoms with Crippen molar-refractivity contribution in [1.29, 1.82) is 0 Å². The molecule has 2 aromatic rings. The lowest BCUT2D eigenvalue weighted by atomic mass is 9.97. The Kier molecular flexibility index (Phi) is 7.22. The van der Waals surface area contributed by atoms with E-state index in [9.17, 15) is 14.4 Å². The highest BCUT2D eigenvalue weighted by Crippen LogP contribution is 2.23. The molecule has 0 spiro atoms. The molecule has 2 amide bonds. The third-order valence-electron chi connectivity index (χ3n) is 5.44. The zero-order valence-corrected chi connectivity index (χ0v) is 17.5. The molecule has 1 aliphatic heterocycles. The Bertz CT molecular complexity index is 887. The first-order chi connectivity index (χ1) is 14.5. The number of para-hydroxylation sites is 1. The molecule has 6 nitrogen and oxygen atoms in total. The van der Waals surface area contributed by atoms with Gasteiger partial charge in [-0.15, -0.1) is 0 Å². The van der Waals surface area contributed by atoms with Crippen molar-refractivity contribution in [3.63, 3.8) is 0 Å². The predicted molar refractivity (Wildman–Crippen MR) is 115 cm³/mol. The molecule has 0 bridgehead atoms. The molecule has 1 N–H and O–H groups in total. The average Bonchev–Trinajstić information content (AvgIpc) is 2.73. The molecular formula is C24H28N2O4. The number of amides is 2. The zero-order chi connectivity index (χ0) is 21.5. The van der Waals surface area contributed by atoms with Gasteiger partial charge in [0.25, 0.3) is 5.91 Å². The first-order valence-electron chi connectivity index (χ1n) is 10.4. The van der Waals surface area contributed by atoms with Gasteiger partial charge in [0.2, 0.25) is 5.91 Å². The fraction of sp³-hybridized carbons (Fsp3) is 0.375. The minimum absolute atomic E-state index is 0.143. The van der Waals surface area contributed by atoms with Crippen LogP contribution in [-0.2, 0) is 20.7 Å². The van der Waals surface area contributed by atoms with Gasteiger partial charge < -0.3 is 15.0 Å². The van der Waals surface area contributed by atoms with Crippen LogP contribution in [-0.4, -0.2) is 41.4 Å². The Labute approximate surface area is 177 Å². The lowest BCUT2D eigenvalue weighted by Crippen LogP contribution is -2.49. The van der Waals surface area contributed by atoms with Crippen molar-refractivity contribution < 1.29 is 19.1 Å². The molecule has 0 aromatic heterocycles. The predicted octanol–water partition coefficient (Wildman–Crippen LogP) is 3.81. The highest BCUT2D eigenvalue weighted by Gasteiger charge is 2.29. The van der Waals surface area contributed by atoms with Crippen LogP contribution in [0.25, 0.3) is 0 Å². The van der Waals surface area contributed by atoms with Crippen LogP contribution in [0.4, 0.5) is 5.69 Å². The van der Waals surface area contributed by atoms with Gasteiger partial charge in [0.1, 0.15) is 0 Å². The molecule has 2 unspecified atom stereocenters. The number of benzene rings is 2. The van der Waals surface area contributed by atoms with E-state index in [0.717, 1.165) is 24.8 Å². The van der Waals surface area contributed by atoms with Gasteiger partial charge in [0.15, 0.2) is 6.61 Å². The Balaban J connectivity index is 1.61. The Hall–Kier alpha value is -3.15. The van der Waals surface area contributed by atoms with E-state index in [0.29, 0.717) is 5.69 Å². The van der Waals surface area contributed by atoms with Gasteiger partial charge in [-0.3, -0.25) is 9.59 Å². The van der Waals surface area contributed by atoms with Crippen LogP contribution in [0.15, 0.2) is 54.6 Å². The van der Waals surface area contributed by atoms with Crippen molar-refractivity contribution in [3.8, 4) is 0 Å². The van der Waals surface area contributed by atoms with E-state index in [2.05, 4.69) is 5.32 Å². The highest BCUT2D eigenvalue weighted by atomic mass is 16.5. The maximum atomic E-state index is 12.6. The Morgan fingerprint density at radius 1 is 0.967 bits per heavy atom. The van der Waals surface area contributed by atoms with Crippen LogP contribution in [0.3, 0.4) is 0 Å². The fourth-order valence-electron chi connectivity index (χ4n) is 3.94. The molecule has 2 aromatic carbocycles. The summed E-state index contributed by atoms with van der Waals surface area (Å²) in [5.41, 5.74) is 1.48. The smallest absolute Gasteiger partial charge is 0.340 e. The number of likely N-dealkylation sites (tertiary alicyclic amines) is 1. The number of hydrogen-bond donors (Lipinski definition) is 1. The second-order valence-electron chi connectivity index (χ2n) is 7.76. The molecule has 3 rings (SSSR count). The number of carbonyl (C=O) groups is 3. The van der Waals surface area contributed by atoms with Gasteiger partial charge >= 0.3 is 5.97 Å². The number of nitrogens with zero attached hydrogens (tertiary/aromatic N) is 1. The Morgan fingerprint density at radius 2 is 1.60 bits per heavy atom. The van der Waals surface area contributed by atoms with Crippen LogP contribution in [0.2, 0.25) is 0 Å². The summed E-state index contributed by atoms with van der Waals surface area (Å²) in [6, 6.07) is 16.3. The van der Waals surface area contributed by atoms with E-state index in [1.54, 1.807) is 24.3 Å². The van der Waals surface area contributed by atoms with Crippen LogP contribution in [0.5, 0.6) is 0 Å². The summed E-state index contributed by atoms with van der Waals surface area (Å²) in [6.45, 7) is 3.74. The third-order valence-corrected chi connectivity index (χ3v) is 5.44. The summed E-state index contributed by atoms with van der Waals surface area (Å²) in [5, 5.41) is 2.77. The number of carbonyl (C=O) groups excluding carboxylic acids is 3. The molecule has 6 heteroatoms. The molecule has 158 valence electrons. The zero-order valence-electron chi connectivity index (χ0n) is 17.5. The summed E-state index contributed by atoms with van der Waals surface area (Å²) < 4.78 is 5.30. The van der Waals surface area contributed by atoms with Crippen molar-refractivity contribution >= 4 is 23.5 Å². The SMILES string of the molecule is CC1CCCC(C)N1C(=O)COC(=O)c1ccccc1NC(=O)Cc1ccccc1. The first kappa shape index (κ1) is 21.6. The van der Waals surface area contributed by atoms with Crippen LogP contribution < -0.4 is 5.32 Å². The van der Waals surface area contributed by atoms with Crippen molar-refractivity contribution in [2.24, 2.45) is 0 Å². The van der Waals surface area contributed by atoms with E-state index in [1.165, 1.54) is 0 Å². The fourth-order valence-corrected chi connectivity index (χ4v) is 3.94. The largest absolute Gasteiger partial charge is 0.452 e. The molecular weight excluding hydrogens is 380 g/mol.